The van der Waals surface area contributed by atoms with Crippen LogP contribution in [0.4, 0.5) is 4.39 Å². The summed E-state index contributed by atoms with van der Waals surface area (Å²) in [5, 5.41) is 44.0. The number of likely N-dealkylation sites (tertiary alicyclic amines) is 1. The molecule has 8 rings (SSSR count). The zero-order valence-corrected chi connectivity index (χ0v) is 55.1. The number of nitrogens with two attached hydrogens (primary N) is 3. The lowest BCUT2D eigenvalue weighted by Crippen LogP contribution is -2.61. The van der Waals surface area contributed by atoms with E-state index in [0.717, 1.165) is 0 Å². The van der Waals surface area contributed by atoms with Crippen LogP contribution in [0.5, 0.6) is 5.75 Å². The van der Waals surface area contributed by atoms with Crippen LogP contribution in [-0.2, 0) is 78.4 Å². The van der Waals surface area contributed by atoms with Gasteiger partial charge in [-0.3, -0.25) is 57.7 Å². The van der Waals surface area contributed by atoms with E-state index in [0.29, 0.717) is 50.5 Å². The molecule has 4 aromatic carbocycles. The van der Waals surface area contributed by atoms with E-state index in [2.05, 4.69) is 57.5 Å². The molecule has 6 aromatic rings. The Morgan fingerprint density at radius 1 is 0.606 bits per heavy atom. The number of guanidine groups is 1. The van der Waals surface area contributed by atoms with Crippen molar-refractivity contribution in [3.05, 3.63) is 150 Å². The zero-order valence-electron chi connectivity index (χ0n) is 55.1. The molecule has 2 aliphatic heterocycles. The van der Waals surface area contributed by atoms with Crippen molar-refractivity contribution < 1.29 is 67.3 Å². The fourth-order valence-corrected chi connectivity index (χ4v) is 12.0. The molecule has 2 aliphatic rings. The molecular weight excluding hydrogens is 1280 g/mol. The summed E-state index contributed by atoms with van der Waals surface area (Å²) in [5.41, 5.74) is 19.7. The number of hydrogen-bond acceptors (Lipinski definition) is 14. The lowest BCUT2D eigenvalue weighted by Gasteiger charge is -2.30. The van der Waals surface area contributed by atoms with E-state index in [1.54, 1.807) is 80.8 Å². The molecule has 1 saturated heterocycles. The second-order valence-electron chi connectivity index (χ2n) is 24.9. The fourth-order valence-electron chi connectivity index (χ4n) is 12.0. The number of carbonyl (C=O) groups excluding carboxylic acids is 11. The predicted octanol–water partition coefficient (Wildman–Crippen LogP) is -0.371. The maximum absolute atomic E-state index is 15.2. The average molecular weight is 1370 g/mol. The molecule has 29 nitrogen and oxygen atoms in total. The maximum Gasteiger partial charge on any atom is 0.247 e. The number of aliphatic hydroxyl groups excluding tert-OH is 1. The van der Waals surface area contributed by atoms with Crippen LogP contribution in [0.25, 0.3) is 21.8 Å². The number of benzene rings is 4. The van der Waals surface area contributed by atoms with E-state index < -0.39 is 138 Å². The summed E-state index contributed by atoms with van der Waals surface area (Å²) in [4.78, 5) is 168. The number of aromatic hydroxyl groups is 1. The second kappa shape index (κ2) is 34.7. The van der Waals surface area contributed by atoms with Crippen LogP contribution in [-0.4, -0.2) is 188 Å². The van der Waals surface area contributed by atoms with Crippen molar-refractivity contribution >= 4 is 92.7 Å². The summed E-state index contributed by atoms with van der Waals surface area (Å²) < 4.78 is 14.2. The van der Waals surface area contributed by atoms with Crippen molar-refractivity contribution in [2.24, 2.45) is 28.1 Å². The monoisotopic (exact) mass is 1360 g/mol. The Balaban J connectivity index is 1.06. The van der Waals surface area contributed by atoms with Crippen molar-refractivity contribution in [3.8, 4) is 5.75 Å². The first-order valence-electron chi connectivity index (χ1n) is 32.6. The first-order valence-corrected chi connectivity index (χ1v) is 32.6. The van der Waals surface area contributed by atoms with Gasteiger partial charge in [0.15, 0.2) is 5.96 Å². The topological polar surface area (TPSA) is 453 Å². The summed E-state index contributed by atoms with van der Waals surface area (Å²) in [6.45, 7) is 3.69. The number of halogens is 1. The van der Waals surface area contributed by atoms with Gasteiger partial charge in [-0.25, -0.2) is 4.39 Å². The van der Waals surface area contributed by atoms with Crippen LogP contribution < -0.4 is 59.7 Å². The third-order valence-corrected chi connectivity index (χ3v) is 17.1. The van der Waals surface area contributed by atoms with Gasteiger partial charge < -0.3 is 89.7 Å². The molecule has 0 unspecified atom stereocenters. The molecule has 0 aliphatic carbocycles. The van der Waals surface area contributed by atoms with Gasteiger partial charge in [0.2, 0.25) is 65.0 Å². The molecule has 526 valence electrons. The molecule has 11 amide bonds. The summed E-state index contributed by atoms with van der Waals surface area (Å²) in [6, 6.07) is 12.4. The molecule has 18 N–H and O–H groups in total. The smallest absolute Gasteiger partial charge is 0.247 e. The van der Waals surface area contributed by atoms with Crippen LogP contribution >= 0.6 is 0 Å². The quantitative estimate of drug-likeness (QED) is 0.0108. The van der Waals surface area contributed by atoms with Crippen LogP contribution in [0.15, 0.2) is 127 Å². The number of fused-ring (bicyclic) bond motifs is 2. The van der Waals surface area contributed by atoms with Crippen LogP contribution in [0.3, 0.4) is 0 Å². The number of nitrogens with one attached hydrogen (secondary N) is 10. The number of amides is 11. The van der Waals surface area contributed by atoms with E-state index in [9.17, 15) is 57.8 Å². The molecule has 30 heteroatoms. The van der Waals surface area contributed by atoms with Crippen molar-refractivity contribution in [1.82, 2.24) is 62.3 Å². The Morgan fingerprint density at radius 2 is 1.09 bits per heavy atom. The molecule has 0 bridgehead atoms. The Bertz CT molecular complexity index is 3960. The molecule has 0 spiro atoms. The molecule has 0 radical (unpaired) electrons. The summed E-state index contributed by atoms with van der Waals surface area (Å²) in [5.74, 6) is -9.97. The number of H-pyrrole nitrogens is 2. The number of rotatable bonds is 33. The van der Waals surface area contributed by atoms with E-state index in [-0.39, 0.29) is 88.6 Å². The summed E-state index contributed by atoms with van der Waals surface area (Å²) in [7, 11) is 0. The number of para-hydroxylation sites is 2. The highest BCUT2D eigenvalue weighted by molar-refractivity contribution is 6.00. The van der Waals surface area contributed by atoms with Crippen molar-refractivity contribution in [1.29, 1.82) is 0 Å². The van der Waals surface area contributed by atoms with Crippen molar-refractivity contribution in [2.45, 2.75) is 133 Å². The highest BCUT2D eigenvalue weighted by Crippen LogP contribution is 2.24. The van der Waals surface area contributed by atoms with E-state index in [4.69, 9.17) is 17.2 Å². The molecule has 2 aromatic heterocycles. The lowest BCUT2D eigenvalue weighted by atomic mass is 9.99. The van der Waals surface area contributed by atoms with Gasteiger partial charge in [-0.1, -0.05) is 86.7 Å². The Morgan fingerprint density at radius 3 is 1.62 bits per heavy atom. The van der Waals surface area contributed by atoms with Gasteiger partial charge in [-0.15, -0.1) is 0 Å². The Labute approximate surface area is 569 Å². The van der Waals surface area contributed by atoms with E-state index in [1.807, 2.05) is 0 Å². The average Bonchev–Trinajstić information content (AvgIpc) is 1.76. The third-order valence-electron chi connectivity index (χ3n) is 17.1. The number of nitrogens with zero attached hydrogens (tertiary/aromatic N) is 3. The minimum Gasteiger partial charge on any atom is -0.508 e. The number of hydrogen-bond donors (Lipinski definition) is 15. The minimum absolute atomic E-state index is 0.00861. The van der Waals surface area contributed by atoms with Crippen LogP contribution in [0, 0.1) is 11.7 Å². The summed E-state index contributed by atoms with van der Waals surface area (Å²) >= 11 is 0. The van der Waals surface area contributed by atoms with Gasteiger partial charge in [-0.05, 0) is 96.7 Å². The molecule has 0 saturated carbocycles. The number of aromatic amines is 2. The van der Waals surface area contributed by atoms with Crippen LogP contribution in [0.2, 0.25) is 0 Å². The van der Waals surface area contributed by atoms with Gasteiger partial charge in [-0.2, -0.15) is 0 Å². The number of aromatic nitrogens is 2. The number of aliphatic imine (C=N–C) groups is 1. The normalized spacial score (nSPS) is 16.3. The number of phenols is 1. The number of phenolic OH excluding ortho intramolecular Hbond substituents is 1. The Hall–Kier alpha value is -11.2. The molecule has 1 fully saturated rings. The number of carbonyl (C=O) groups is 11. The van der Waals surface area contributed by atoms with E-state index >= 15 is 9.59 Å². The molecular formula is C69H85FN16O13. The zero-order chi connectivity index (χ0) is 71.4. The van der Waals surface area contributed by atoms with Crippen molar-refractivity contribution in [3.63, 3.8) is 0 Å². The lowest BCUT2D eigenvalue weighted by molar-refractivity contribution is -0.142. The molecule has 99 heavy (non-hydrogen) atoms. The first kappa shape index (κ1) is 73.6. The third kappa shape index (κ3) is 20.4. The summed E-state index contributed by atoms with van der Waals surface area (Å²) in [6.07, 6.45) is 6.29. The van der Waals surface area contributed by atoms with Gasteiger partial charge in [0.1, 0.15) is 65.9 Å². The van der Waals surface area contributed by atoms with Crippen molar-refractivity contribution in [2.75, 3.05) is 32.8 Å². The highest BCUT2D eigenvalue weighted by Gasteiger charge is 2.40. The maximum atomic E-state index is 15.2. The van der Waals surface area contributed by atoms with Crippen LogP contribution in [0.1, 0.15) is 75.1 Å². The standard InChI is InChI=1S/C69H85FN16O13/c1-38(2)29-51(60(91)78-50(15-8-26-74-69(72)73)68(99)86-28-10-16-57(86)66(97)77-36-59(71)90)79-63(94)54(32-42-34-75-48-13-6-4-11-46(42)48)81-61(92)52(31-41-20-24-45(89)25-21-41)80-65(96)56(37-87)84-64(95)55(33-43-35-76-49-14-7-5-12-47(43)49)82-62(93)53(30-40-18-22-44(70)23-19-40)83-67(98)58-17-9-27-85(58)39(3)88/h4-7,9,11-14,17-25,34-35,38,50-58,75-76,87,89H,8,10,15-16,26-33,36-37H2,1-3H3,(H2,71,90)(H,77,97)(H,78,91)(H,79,94)(H,80,96)(H,81,92)(H,82,93)(H,83,98)(H,84,95)(H4,72,73,74)/t50-,51-,52-,53+,54+,55+,56-,57-,58-/m0/s1. The SMILES string of the molecule is CC(=O)N1CC=C[C@H]1C(=O)N[C@H](Cc1ccc(F)cc1)C(=O)N[C@H](Cc1c[nH]c2ccccc12)C(=O)N[C@@H](CO)C(=O)N[C@@H](Cc1ccc(O)cc1)C(=O)N[C@H](Cc1c[nH]c2ccccc12)C(=O)N[C@@H](CC(C)C)C(=O)N[C@@H](CCCN=C(N)N)C(=O)N1CCC[C@H]1C(=O)NCC(N)=O. The second-order valence-corrected chi connectivity index (χ2v) is 24.9. The number of aliphatic hydroxyl groups is 1. The molecule has 9 atom stereocenters. The fraction of sp³-hybridized carbons (Fsp3) is 0.391. The Kier molecular flexibility index (Phi) is 25.8. The minimum atomic E-state index is -1.84. The highest BCUT2D eigenvalue weighted by atomic mass is 19.1. The predicted molar refractivity (Wildman–Crippen MR) is 363 cm³/mol. The van der Waals surface area contributed by atoms with Gasteiger partial charge >= 0.3 is 0 Å². The number of primary amides is 1. The van der Waals surface area contributed by atoms with Gasteiger partial charge in [0, 0.05) is 86.4 Å². The first-order chi connectivity index (χ1) is 47.3. The van der Waals surface area contributed by atoms with Gasteiger partial charge in [0.25, 0.3) is 0 Å². The largest absolute Gasteiger partial charge is 0.508 e. The van der Waals surface area contributed by atoms with E-state index in [1.165, 1.54) is 71.3 Å². The molecule has 4 heterocycles. The van der Waals surface area contributed by atoms with Gasteiger partial charge in [0.05, 0.1) is 13.2 Å².